The number of benzene rings is 1. The van der Waals surface area contributed by atoms with Crippen LogP contribution in [0, 0.1) is 6.92 Å². The van der Waals surface area contributed by atoms with Gasteiger partial charge >= 0.3 is 0 Å². The highest BCUT2D eigenvalue weighted by Crippen LogP contribution is 2.34. The molecular formula is C25H32N4O3. The maximum Gasteiger partial charge on any atom is 0.257 e. The van der Waals surface area contributed by atoms with E-state index in [0.29, 0.717) is 36.5 Å². The first-order valence-electron chi connectivity index (χ1n) is 11.6. The van der Waals surface area contributed by atoms with Crippen molar-refractivity contribution in [2.75, 3.05) is 26.7 Å². The molecule has 0 spiro atoms. The Labute approximate surface area is 189 Å². The maximum absolute atomic E-state index is 13.3. The summed E-state index contributed by atoms with van der Waals surface area (Å²) in [5.41, 5.74) is 2.28. The van der Waals surface area contributed by atoms with Crippen LogP contribution in [0.25, 0.3) is 0 Å². The molecule has 0 N–H and O–H groups in total. The molecule has 0 saturated carbocycles. The Bertz CT molecular complexity index is 971. The fourth-order valence-corrected chi connectivity index (χ4v) is 4.82. The summed E-state index contributed by atoms with van der Waals surface area (Å²) in [5, 5.41) is 0. The lowest BCUT2D eigenvalue weighted by molar-refractivity contribution is -0.132. The van der Waals surface area contributed by atoms with Crippen LogP contribution in [-0.2, 0) is 11.2 Å². The predicted octanol–water partition coefficient (Wildman–Crippen LogP) is 3.72. The number of hydrogen-bond donors (Lipinski definition) is 0. The zero-order chi connectivity index (χ0) is 22.5. The van der Waals surface area contributed by atoms with Gasteiger partial charge < -0.3 is 14.5 Å². The van der Waals surface area contributed by atoms with Gasteiger partial charge in [-0.05, 0) is 57.1 Å². The lowest BCUT2D eigenvalue weighted by Crippen LogP contribution is -2.38. The van der Waals surface area contributed by atoms with Gasteiger partial charge in [0.2, 0.25) is 5.91 Å². The Morgan fingerprint density at radius 2 is 1.88 bits per heavy atom. The molecule has 3 heterocycles. The minimum atomic E-state index is -0.175. The third kappa shape index (κ3) is 4.76. The summed E-state index contributed by atoms with van der Waals surface area (Å²) in [7, 11) is 1.65. The second-order valence-electron chi connectivity index (χ2n) is 8.63. The normalized spacial score (nSPS) is 18.6. The molecule has 1 atom stereocenters. The molecule has 1 aromatic heterocycles. The average Bonchev–Trinajstić information content (AvgIpc) is 3.33. The highest BCUT2D eigenvalue weighted by atomic mass is 16.5. The smallest absolute Gasteiger partial charge is 0.257 e. The van der Waals surface area contributed by atoms with Crippen molar-refractivity contribution < 1.29 is 14.3 Å². The van der Waals surface area contributed by atoms with Crippen molar-refractivity contribution in [1.29, 1.82) is 0 Å². The number of para-hydroxylation sites is 1. The van der Waals surface area contributed by atoms with E-state index in [1.54, 1.807) is 13.3 Å². The largest absolute Gasteiger partial charge is 0.496 e. The summed E-state index contributed by atoms with van der Waals surface area (Å²) < 4.78 is 5.42. The summed E-state index contributed by atoms with van der Waals surface area (Å²) in [5.74, 6) is 1.52. The minimum Gasteiger partial charge on any atom is -0.496 e. The van der Waals surface area contributed by atoms with Crippen LogP contribution in [0.3, 0.4) is 0 Å². The molecule has 2 saturated heterocycles. The number of hydrogen-bond acceptors (Lipinski definition) is 5. The summed E-state index contributed by atoms with van der Waals surface area (Å²) in [6.07, 6.45) is 7.63. The second-order valence-corrected chi connectivity index (χ2v) is 8.63. The number of methoxy groups -OCH3 is 1. The van der Waals surface area contributed by atoms with Crippen LogP contribution in [0.4, 0.5) is 0 Å². The minimum absolute atomic E-state index is 0.00646. The van der Waals surface area contributed by atoms with Crippen molar-refractivity contribution in [3.05, 3.63) is 53.1 Å². The third-order valence-corrected chi connectivity index (χ3v) is 6.50. The average molecular weight is 437 g/mol. The number of aryl methyl sites for hydroxylation is 2. The predicted molar refractivity (Wildman–Crippen MR) is 122 cm³/mol. The zero-order valence-corrected chi connectivity index (χ0v) is 19.0. The lowest BCUT2D eigenvalue weighted by Gasteiger charge is -2.30. The number of rotatable bonds is 6. The topological polar surface area (TPSA) is 75.6 Å². The van der Waals surface area contributed by atoms with E-state index in [-0.39, 0.29) is 17.9 Å². The Morgan fingerprint density at radius 1 is 1.09 bits per heavy atom. The van der Waals surface area contributed by atoms with Gasteiger partial charge in [0, 0.05) is 32.3 Å². The third-order valence-electron chi connectivity index (χ3n) is 6.50. The second kappa shape index (κ2) is 10.1. The van der Waals surface area contributed by atoms with Crippen molar-refractivity contribution in [3.63, 3.8) is 0 Å². The van der Waals surface area contributed by atoms with Crippen molar-refractivity contribution >= 4 is 11.8 Å². The van der Waals surface area contributed by atoms with E-state index in [2.05, 4.69) is 9.97 Å². The number of carbonyl (C=O) groups is 2. The van der Waals surface area contributed by atoms with Gasteiger partial charge in [0.15, 0.2) is 0 Å². The molecule has 2 aromatic rings. The van der Waals surface area contributed by atoms with Crippen molar-refractivity contribution in [3.8, 4) is 5.75 Å². The van der Waals surface area contributed by atoms with Gasteiger partial charge in [-0.1, -0.05) is 18.2 Å². The maximum atomic E-state index is 13.3. The van der Waals surface area contributed by atoms with Crippen LogP contribution in [0.1, 0.15) is 72.0 Å². The van der Waals surface area contributed by atoms with Crippen molar-refractivity contribution in [1.82, 2.24) is 19.8 Å². The highest BCUT2D eigenvalue weighted by molar-refractivity contribution is 5.95. The summed E-state index contributed by atoms with van der Waals surface area (Å²) in [6.45, 7) is 4.08. The number of likely N-dealkylation sites (tertiary alicyclic amines) is 2. The molecule has 32 heavy (non-hydrogen) atoms. The highest BCUT2D eigenvalue weighted by Gasteiger charge is 2.35. The quantitative estimate of drug-likeness (QED) is 0.690. The Kier molecular flexibility index (Phi) is 7.02. The molecule has 4 rings (SSSR count). The van der Waals surface area contributed by atoms with Gasteiger partial charge in [-0.25, -0.2) is 9.97 Å². The number of amides is 2. The van der Waals surface area contributed by atoms with Gasteiger partial charge in [-0.2, -0.15) is 0 Å². The molecule has 0 aliphatic carbocycles. The van der Waals surface area contributed by atoms with Gasteiger partial charge in [0.05, 0.1) is 24.4 Å². The van der Waals surface area contributed by atoms with Crippen LogP contribution in [0.15, 0.2) is 30.5 Å². The molecule has 0 bridgehead atoms. The first-order valence-corrected chi connectivity index (χ1v) is 11.6. The van der Waals surface area contributed by atoms with Gasteiger partial charge in [0.1, 0.15) is 11.6 Å². The van der Waals surface area contributed by atoms with Crippen LogP contribution in [0.5, 0.6) is 5.75 Å². The Morgan fingerprint density at radius 3 is 2.66 bits per heavy atom. The standard InChI is InChI=1S/C25H32N4O3/c1-18-26-17-20(25(31)28-14-6-3-7-15-28)24(27-18)21-10-8-16-29(21)23(30)13-12-19-9-4-5-11-22(19)32-2/h4-5,9,11,17,21H,3,6-8,10,12-16H2,1-2H3. The van der Waals surface area contributed by atoms with E-state index >= 15 is 0 Å². The van der Waals surface area contributed by atoms with E-state index in [4.69, 9.17) is 4.74 Å². The SMILES string of the molecule is COc1ccccc1CCC(=O)N1CCCC1c1nc(C)ncc1C(=O)N1CCCCC1. The number of ether oxygens (including phenoxy) is 1. The van der Waals surface area contributed by atoms with Crippen LogP contribution in [0.2, 0.25) is 0 Å². The van der Waals surface area contributed by atoms with E-state index in [9.17, 15) is 9.59 Å². The Hall–Kier alpha value is -2.96. The molecule has 2 fully saturated rings. The molecule has 2 amide bonds. The molecule has 2 aliphatic heterocycles. The monoisotopic (exact) mass is 436 g/mol. The van der Waals surface area contributed by atoms with E-state index in [1.807, 2.05) is 41.0 Å². The molecule has 0 radical (unpaired) electrons. The van der Waals surface area contributed by atoms with E-state index in [0.717, 1.165) is 56.5 Å². The molecular weight excluding hydrogens is 404 g/mol. The van der Waals surface area contributed by atoms with Crippen LogP contribution < -0.4 is 4.74 Å². The van der Waals surface area contributed by atoms with Gasteiger partial charge in [-0.15, -0.1) is 0 Å². The number of carbonyl (C=O) groups excluding carboxylic acids is 2. The summed E-state index contributed by atoms with van der Waals surface area (Å²) in [6, 6.07) is 7.63. The van der Waals surface area contributed by atoms with Crippen LogP contribution >= 0.6 is 0 Å². The fraction of sp³-hybridized carbons (Fsp3) is 0.520. The first-order chi connectivity index (χ1) is 15.6. The molecule has 170 valence electrons. The van der Waals surface area contributed by atoms with Gasteiger partial charge in [-0.3, -0.25) is 9.59 Å². The molecule has 7 nitrogen and oxygen atoms in total. The molecule has 7 heteroatoms. The Balaban J connectivity index is 1.53. The molecule has 2 aliphatic rings. The zero-order valence-electron chi connectivity index (χ0n) is 19.0. The number of piperidine rings is 1. The number of aromatic nitrogens is 2. The number of nitrogens with zero attached hydrogens (tertiary/aromatic N) is 4. The lowest BCUT2D eigenvalue weighted by atomic mass is 10.0. The van der Waals surface area contributed by atoms with Crippen molar-refractivity contribution in [2.45, 2.75) is 57.9 Å². The van der Waals surface area contributed by atoms with Gasteiger partial charge in [0.25, 0.3) is 5.91 Å². The summed E-state index contributed by atoms with van der Waals surface area (Å²) in [4.78, 5) is 39.3. The summed E-state index contributed by atoms with van der Waals surface area (Å²) >= 11 is 0. The van der Waals surface area contributed by atoms with Crippen molar-refractivity contribution in [2.24, 2.45) is 0 Å². The fourth-order valence-electron chi connectivity index (χ4n) is 4.82. The van der Waals surface area contributed by atoms with E-state index in [1.165, 1.54) is 0 Å². The molecule has 1 unspecified atom stereocenters. The van der Waals surface area contributed by atoms with E-state index < -0.39 is 0 Å². The first kappa shape index (κ1) is 22.2. The van der Waals surface area contributed by atoms with Crippen LogP contribution in [-0.4, -0.2) is 58.3 Å². The molecule has 1 aromatic carbocycles.